The van der Waals surface area contributed by atoms with Crippen molar-refractivity contribution in [1.82, 2.24) is 0 Å². The zero-order chi connectivity index (χ0) is 17.4. The summed E-state index contributed by atoms with van der Waals surface area (Å²) >= 11 is 0. The summed E-state index contributed by atoms with van der Waals surface area (Å²) in [6, 6.07) is 0. The largest absolute Gasteiger partial charge is 0.456 e. The van der Waals surface area contributed by atoms with Crippen LogP contribution in [-0.2, 0) is 23.8 Å². The SMILES string of the molecule is CO[C@H]1O[C@H](C)[C@@H](OC(=O)[C@]2(C)CCC(=O)C=C2C)[C@H](O)[C@H]1O. The minimum Gasteiger partial charge on any atom is -0.456 e. The molecular weight excluding hydrogens is 304 g/mol. The van der Waals surface area contributed by atoms with Crippen molar-refractivity contribution in [2.45, 2.75) is 64.3 Å². The van der Waals surface area contributed by atoms with Crippen LogP contribution in [0.2, 0.25) is 0 Å². The third kappa shape index (κ3) is 3.33. The molecule has 0 saturated carbocycles. The molecule has 2 rings (SSSR count). The van der Waals surface area contributed by atoms with Crippen molar-refractivity contribution in [3.63, 3.8) is 0 Å². The molecule has 0 aromatic heterocycles. The summed E-state index contributed by atoms with van der Waals surface area (Å²) in [5, 5.41) is 20.1. The minimum absolute atomic E-state index is 0.0134. The third-order valence-electron chi connectivity index (χ3n) is 4.82. The van der Waals surface area contributed by atoms with Crippen LogP contribution in [0.5, 0.6) is 0 Å². The number of aliphatic hydroxyl groups excluding tert-OH is 2. The van der Waals surface area contributed by atoms with Crippen molar-refractivity contribution in [1.29, 1.82) is 0 Å². The van der Waals surface area contributed by atoms with Crippen LogP contribution in [0.3, 0.4) is 0 Å². The molecule has 0 aromatic rings. The van der Waals surface area contributed by atoms with Gasteiger partial charge >= 0.3 is 5.97 Å². The Bertz CT molecular complexity index is 515. The molecule has 0 amide bonds. The first kappa shape index (κ1) is 18.1. The molecule has 0 spiro atoms. The van der Waals surface area contributed by atoms with Gasteiger partial charge in [-0.1, -0.05) is 5.57 Å². The molecule has 0 radical (unpaired) electrons. The van der Waals surface area contributed by atoms with Gasteiger partial charge < -0.3 is 24.4 Å². The monoisotopic (exact) mass is 328 g/mol. The second kappa shape index (κ2) is 6.68. The molecule has 7 heteroatoms. The van der Waals surface area contributed by atoms with Crippen LogP contribution < -0.4 is 0 Å². The Morgan fingerprint density at radius 3 is 2.61 bits per heavy atom. The maximum atomic E-state index is 12.6. The van der Waals surface area contributed by atoms with Gasteiger partial charge in [-0.15, -0.1) is 0 Å². The van der Waals surface area contributed by atoms with Gasteiger partial charge in [0.05, 0.1) is 11.5 Å². The van der Waals surface area contributed by atoms with Crippen LogP contribution >= 0.6 is 0 Å². The number of ether oxygens (including phenoxy) is 3. The second-order valence-electron chi connectivity index (χ2n) is 6.42. The molecule has 6 atom stereocenters. The smallest absolute Gasteiger partial charge is 0.316 e. The fourth-order valence-electron chi connectivity index (χ4n) is 2.92. The molecule has 0 bridgehead atoms. The number of ketones is 1. The molecule has 1 fully saturated rings. The quantitative estimate of drug-likeness (QED) is 0.720. The molecule has 2 aliphatic rings. The van der Waals surface area contributed by atoms with Crippen LogP contribution in [0.4, 0.5) is 0 Å². The van der Waals surface area contributed by atoms with E-state index in [1.807, 2.05) is 0 Å². The van der Waals surface area contributed by atoms with E-state index in [-0.39, 0.29) is 12.2 Å². The number of carbonyl (C=O) groups excluding carboxylic acids is 2. The molecule has 2 N–H and O–H groups in total. The van der Waals surface area contributed by atoms with Crippen LogP contribution in [0.15, 0.2) is 11.6 Å². The lowest BCUT2D eigenvalue weighted by Gasteiger charge is -2.42. The highest BCUT2D eigenvalue weighted by atomic mass is 16.7. The molecule has 1 saturated heterocycles. The highest BCUT2D eigenvalue weighted by Gasteiger charge is 2.48. The van der Waals surface area contributed by atoms with Gasteiger partial charge in [0.1, 0.15) is 12.2 Å². The van der Waals surface area contributed by atoms with E-state index >= 15 is 0 Å². The van der Waals surface area contributed by atoms with Crippen molar-refractivity contribution >= 4 is 11.8 Å². The number of carbonyl (C=O) groups is 2. The fourth-order valence-corrected chi connectivity index (χ4v) is 2.92. The number of aliphatic hydroxyl groups is 2. The molecule has 23 heavy (non-hydrogen) atoms. The Balaban J connectivity index is 2.13. The zero-order valence-electron chi connectivity index (χ0n) is 13.8. The Labute approximate surface area is 135 Å². The molecular formula is C16H24O7. The number of hydrogen-bond donors (Lipinski definition) is 2. The van der Waals surface area contributed by atoms with E-state index in [9.17, 15) is 19.8 Å². The van der Waals surface area contributed by atoms with E-state index in [4.69, 9.17) is 14.2 Å². The lowest BCUT2D eigenvalue weighted by Crippen LogP contribution is -2.59. The molecule has 1 aliphatic carbocycles. The van der Waals surface area contributed by atoms with Gasteiger partial charge in [-0.3, -0.25) is 9.59 Å². The first-order valence-corrected chi connectivity index (χ1v) is 7.67. The average molecular weight is 328 g/mol. The van der Waals surface area contributed by atoms with Crippen LogP contribution in [-0.4, -0.2) is 59.8 Å². The predicted molar refractivity (Wildman–Crippen MR) is 79.3 cm³/mol. The average Bonchev–Trinajstić information content (AvgIpc) is 2.51. The fraction of sp³-hybridized carbons (Fsp3) is 0.750. The van der Waals surface area contributed by atoms with E-state index in [1.165, 1.54) is 13.2 Å². The molecule has 7 nitrogen and oxygen atoms in total. The van der Waals surface area contributed by atoms with Crippen molar-refractivity contribution in [2.24, 2.45) is 5.41 Å². The van der Waals surface area contributed by atoms with E-state index in [0.717, 1.165) is 0 Å². The zero-order valence-corrected chi connectivity index (χ0v) is 13.8. The first-order chi connectivity index (χ1) is 10.7. The van der Waals surface area contributed by atoms with Gasteiger partial charge in [-0.05, 0) is 33.3 Å². The molecule has 0 unspecified atom stereocenters. The number of rotatable bonds is 3. The summed E-state index contributed by atoms with van der Waals surface area (Å²) in [5.41, 5.74) is -0.288. The van der Waals surface area contributed by atoms with Crippen molar-refractivity contribution in [2.75, 3.05) is 7.11 Å². The topological polar surface area (TPSA) is 102 Å². The molecule has 1 heterocycles. The summed E-state index contributed by atoms with van der Waals surface area (Å²) < 4.78 is 15.8. The van der Waals surface area contributed by atoms with E-state index < -0.39 is 42.1 Å². The lowest BCUT2D eigenvalue weighted by atomic mass is 9.74. The van der Waals surface area contributed by atoms with Gasteiger partial charge in [-0.2, -0.15) is 0 Å². The van der Waals surface area contributed by atoms with Crippen molar-refractivity contribution in [3.05, 3.63) is 11.6 Å². The summed E-state index contributed by atoms with van der Waals surface area (Å²) in [6.07, 6.45) is -3.16. The Morgan fingerprint density at radius 2 is 2.04 bits per heavy atom. The number of methoxy groups -OCH3 is 1. The highest BCUT2D eigenvalue weighted by Crippen LogP contribution is 2.38. The van der Waals surface area contributed by atoms with E-state index in [0.29, 0.717) is 12.0 Å². The molecule has 1 aliphatic heterocycles. The van der Waals surface area contributed by atoms with Crippen LogP contribution in [0.1, 0.15) is 33.6 Å². The van der Waals surface area contributed by atoms with Gasteiger partial charge in [0, 0.05) is 13.5 Å². The molecule has 130 valence electrons. The van der Waals surface area contributed by atoms with Gasteiger partial charge in [0.2, 0.25) is 0 Å². The summed E-state index contributed by atoms with van der Waals surface area (Å²) in [7, 11) is 1.36. The first-order valence-electron chi connectivity index (χ1n) is 7.67. The second-order valence-corrected chi connectivity index (χ2v) is 6.42. The van der Waals surface area contributed by atoms with Crippen molar-refractivity contribution in [3.8, 4) is 0 Å². The van der Waals surface area contributed by atoms with Crippen molar-refractivity contribution < 1.29 is 34.0 Å². The lowest BCUT2D eigenvalue weighted by molar-refractivity contribution is -0.290. The Morgan fingerprint density at radius 1 is 1.39 bits per heavy atom. The predicted octanol–water partition coefficient (Wildman–Crippen LogP) is 0.327. The highest BCUT2D eigenvalue weighted by molar-refractivity contribution is 5.95. The van der Waals surface area contributed by atoms with Gasteiger partial charge in [-0.25, -0.2) is 0 Å². The third-order valence-corrected chi connectivity index (χ3v) is 4.82. The maximum absolute atomic E-state index is 12.6. The normalized spacial score (nSPS) is 41.4. The number of esters is 1. The van der Waals surface area contributed by atoms with Crippen LogP contribution in [0.25, 0.3) is 0 Å². The van der Waals surface area contributed by atoms with Gasteiger partial charge in [0.15, 0.2) is 18.2 Å². The standard InChI is InChI=1S/C16H24O7/c1-8-7-10(17)5-6-16(8,3)15(20)23-13-9(2)22-14(21-4)12(19)11(13)18/h7,9,11-14,18-19H,5-6H2,1-4H3/t9-,11-,12-,13-,14+,16-/m1/s1. The Hall–Kier alpha value is -1.28. The summed E-state index contributed by atoms with van der Waals surface area (Å²) in [5.74, 6) is -0.554. The van der Waals surface area contributed by atoms with Gasteiger partial charge in [0.25, 0.3) is 0 Å². The minimum atomic E-state index is -1.31. The maximum Gasteiger partial charge on any atom is 0.316 e. The molecule has 0 aromatic carbocycles. The number of allylic oxidation sites excluding steroid dienone is 1. The van der Waals surface area contributed by atoms with E-state index in [2.05, 4.69) is 0 Å². The number of hydrogen-bond acceptors (Lipinski definition) is 7. The van der Waals surface area contributed by atoms with Crippen LogP contribution in [0, 0.1) is 5.41 Å². The summed E-state index contributed by atoms with van der Waals surface area (Å²) in [6.45, 7) is 5.06. The Kier molecular flexibility index (Phi) is 5.25. The summed E-state index contributed by atoms with van der Waals surface area (Å²) in [4.78, 5) is 24.1. The van der Waals surface area contributed by atoms with E-state index in [1.54, 1.807) is 20.8 Å².